The number of hydrazine groups is 1. The standard InChI is InChI=1S/C20H15BrN4O5S2/c21-14-5-1-3-12(9-14)10-16-19(28)24(20(31)32-16)8-7-17(26)22-23-18(27)13-4-2-6-15(11-13)25(29)30/h1-6,9-11H,7-8H2,(H,22,26)(H,23,27). The van der Waals surface area contributed by atoms with Crippen LogP contribution in [0.25, 0.3) is 6.08 Å². The van der Waals surface area contributed by atoms with Gasteiger partial charge in [0.15, 0.2) is 0 Å². The van der Waals surface area contributed by atoms with E-state index >= 15 is 0 Å². The Labute approximate surface area is 200 Å². The van der Waals surface area contributed by atoms with Gasteiger partial charge in [0.1, 0.15) is 4.32 Å². The van der Waals surface area contributed by atoms with Crippen LogP contribution in [0.1, 0.15) is 22.3 Å². The molecule has 2 aromatic rings. The van der Waals surface area contributed by atoms with E-state index in [4.69, 9.17) is 12.2 Å². The summed E-state index contributed by atoms with van der Waals surface area (Å²) in [5, 5.41) is 10.8. The highest BCUT2D eigenvalue weighted by Gasteiger charge is 2.32. The van der Waals surface area contributed by atoms with Crippen LogP contribution >= 0.6 is 39.9 Å². The van der Waals surface area contributed by atoms with E-state index in [0.717, 1.165) is 27.9 Å². The van der Waals surface area contributed by atoms with Crippen molar-refractivity contribution in [2.45, 2.75) is 6.42 Å². The highest BCUT2D eigenvalue weighted by Crippen LogP contribution is 2.32. The lowest BCUT2D eigenvalue weighted by Crippen LogP contribution is -2.43. The number of nitrogens with zero attached hydrogens (tertiary/aromatic N) is 2. The number of rotatable bonds is 6. The quantitative estimate of drug-likeness (QED) is 0.252. The second-order valence-corrected chi connectivity index (χ2v) is 9.04. The average molecular weight is 535 g/mol. The zero-order valence-corrected chi connectivity index (χ0v) is 19.5. The maximum absolute atomic E-state index is 12.6. The number of thioether (sulfide) groups is 1. The Morgan fingerprint density at radius 2 is 1.94 bits per heavy atom. The normalized spacial score (nSPS) is 14.5. The van der Waals surface area contributed by atoms with E-state index in [0.29, 0.717) is 9.23 Å². The number of carbonyl (C=O) groups is 3. The Balaban J connectivity index is 1.53. The monoisotopic (exact) mass is 534 g/mol. The number of amides is 3. The van der Waals surface area contributed by atoms with Gasteiger partial charge in [0.25, 0.3) is 17.5 Å². The molecule has 1 saturated heterocycles. The van der Waals surface area contributed by atoms with Crippen LogP contribution < -0.4 is 10.9 Å². The molecule has 3 rings (SSSR count). The molecule has 0 spiro atoms. The van der Waals surface area contributed by atoms with E-state index in [-0.39, 0.29) is 30.1 Å². The predicted molar refractivity (Wildman–Crippen MR) is 127 cm³/mol. The first-order valence-corrected chi connectivity index (χ1v) is 11.1. The summed E-state index contributed by atoms with van der Waals surface area (Å²) in [6.07, 6.45) is 1.62. The van der Waals surface area contributed by atoms with Gasteiger partial charge >= 0.3 is 0 Å². The largest absolute Gasteiger partial charge is 0.292 e. The van der Waals surface area contributed by atoms with Crippen LogP contribution in [0, 0.1) is 10.1 Å². The van der Waals surface area contributed by atoms with Gasteiger partial charge in [0, 0.05) is 35.1 Å². The van der Waals surface area contributed by atoms with Crippen molar-refractivity contribution in [1.82, 2.24) is 15.8 Å². The van der Waals surface area contributed by atoms with Gasteiger partial charge in [-0.3, -0.25) is 40.2 Å². The Kier molecular flexibility index (Phi) is 7.72. The van der Waals surface area contributed by atoms with Crippen LogP contribution in [0.5, 0.6) is 0 Å². The summed E-state index contributed by atoms with van der Waals surface area (Å²) in [5.41, 5.74) is 5.03. The highest BCUT2D eigenvalue weighted by atomic mass is 79.9. The molecule has 32 heavy (non-hydrogen) atoms. The Morgan fingerprint density at radius 1 is 1.19 bits per heavy atom. The molecule has 3 amide bonds. The zero-order chi connectivity index (χ0) is 23.3. The number of thiocarbonyl (C=S) groups is 1. The number of benzene rings is 2. The van der Waals surface area contributed by atoms with Gasteiger partial charge in [0.05, 0.1) is 9.83 Å². The first-order chi connectivity index (χ1) is 15.2. The number of halogens is 1. The molecule has 1 heterocycles. The molecule has 1 aliphatic heterocycles. The molecule has 0 aliphatic carbocycles. The van der Waals surface area contributed by atoms with Gasteiger partial charge in [-0.25, -0.2) is 0 Å². The minimum Gasteiger partial charge on any atom is -0.292 e. The summed E-state index contributed by atoms with van der Waals surface area (Å²) in [6, 6.07) is 12.5. The fourth-order valence-corrected chi connectivity index (χ4v) is 4.40. The lowest BCUT2D eigenvalue weighted by atomic mass is 10.2. The van der Waals surface area contributed by atoms with E-state index in [2.05, 4.69) is 26.8 Å². The first-order valence-electron chi connectivity index (χ1n) is 9.09. The van der Waals surface area contributed by atoms with Crippen molar-refractivity contribution in [1.29, 1.82) is 0 Å². The molecule has 2 aromatic carbocycles. The molecule has 164 valence electrons. The van der Waals surface area contributed by atoms with Gasteiger partial charge in [-0.2, -0.15) is 0 Å². The summed E-state index contributed by atoms with van der Waals surface area (Å²) < 4.78 is 1.22. The second kappa shape index (κ2) is 10.5. The van der Waals surface area contributed by atoms with E-state index in [9.17, 15) is 24.5 Å². The molecule has 0 aromatic heterocycles. The molecule has 0 bridgehead atoms. The van der Waals surface area contributed by atoms with Crippen molar-refractivity contribution >= 4 is 73.7 Å². The number of nitro benzene ring substituents is 1. The molecular formula is C20H15BrN4O5S2. The topological polar surface area (TPSA) is 122 Å². The minimum atomic E-state index is -0.704. The fourth-order valence-electron chi connectivity index (χ4n) is 2.68. The highest BCUT2D eigenvalue weighted by molar-refractivity contribution is 9.10. The molecule has 12 heteroatoms. The smallest absolute Gasteiger partial charge is 0.270 e. The third kappa shape index (κ3) is 5.99. The lowest BCUT2D eigenvalue weighted by Gasteiger charge is -2.14. The number of non-ortho nitro benzene ring substituents is 1. The van der Waals surface area contributed by atoms with E-state index in [1.54, 1.807) is 6.08 Å². The molecule has 0 saturated carbocycles. The van der Waals surface area contributed by atoms with Gasteiger partial charge in [0.2, 0.25) is 5.91 Å². The Morgan fingerprint density at radius 3 is 2.66 bits per heavy atom. The second-order valence-electron chi connectivity index (χ2n) is 6.45. The number of hydrogen-bond donors (Lipinski definition) is 2. The van der Waals surface area contributed by atoms with Crippen LogP contribution in [0.15, 0.2) is 57.9 Å². The molecular weight excluding hydrogens is 520 g/mol. The summed E-state index contributed by atoms with van der Waals surface area (Å²) in [5.74, 6) is -1.55. The average Bonchev–Trinajstić information content (AvgIpc) is 3.02. The number of carbonyl (C=O) groups excluding carboxylic acids is 3. The minimum absolute atomic E-state index is 0.0223. The Hall–Kier alpha value is -3.09. The first kappa shape index (κ1) is 23.6. The summed E-state index contributed by atoms with van der Waals surface area (Å²) >= 11 is 9.78. The van der Waals surface area contributed by atoms with Gasteiger partial charge in [-0.05, 0) is 29.8 Å². The van der Waals surface area contributed by atoms with Crippen molar-refractivity contribution in [3.8, 4) is 0 Å². The SMILES string of the molecule is O=C(CCN1C(=O)C(=Cc2cccc(Br)c2)SC1=S)NNC(=O)c1cccc([N+](=O)[O-])c1. The fraction of sp³-hybridized carbons (Fsp3) is 0.100. The van der Waals surface area contributed by atoms with E-state index in [1.165, 1.54) is 23.1 Å². The molecule has 9 nitrogen and oxygen atoms in total. The van der Waals surface area contributed by atoms with E-state index in [1.807, 2.05) is 24.3 Å². The predicted octanol–water partition coefficient (Wildman–Crippen LogP) is 3.41. The Bertz CT molecular complexity index is 1150. The molecule has 1 aliphatic rings. The van der Waals surface area contributed by atoms with Gasteiger partial charge < -0.3 is 0 Å². The number of nitro groups is 1. The summed E-state index contributed by atoms with van der Waals surface area (Å²) in [7, 11) is 0. The maximum atomic E-state index is 12.6. The van der Waals surface area contributed by atoms with Crippen LogP contribution in [-0.4, -0.2) is 38.4 Å². The van der Waals surface area contributed by atoms with Gasteiger partial charge in [-0.1, -0.05) is 58.1 Å². The third-order valence-electron chi connectivity index (χ3n) is 4.22. The zero-order valence-electron chi connectivity index (χ0n) is 16.2. The van der Waals surface area contributed by atoms with Crippen molar-refractivity contribution in [3.05, 3.63) is 79.2 Å². The van der Waals surface area contributed by atoms with Crippen LogP contribution in [0.4, 0.5) is 5.69 Å². The number of hydrogen-bond acceptors (Lipinski definition) is 7. The van der Waals surface area contributed by atoms with Crippen molar-refractivity contribution < 1.29 is 19.3 Å². The molecule has 1 fully saturated rings. The molecule has 2 N–H and O–H groups in total. The van der Waals surface area contributed by atoms with Crippen LogP contribution in [0.3, 0.4) is 0 Å². The number of nitrogens with one attached hydrogen (secondary N) is 2. The van der Waals surface area contributed by atoms with Crippen molar-refractivity contribution in [2.24, 2.45) is 0 Å². The van der Waals surface area contributed by atoms with Crippen LogP contribution in [-0.2, 0) is 9.59 Å². The van der Waals surface area contributed by atoms with Gasteiger partial charge in [-0.15, -0.1) is 0 Å². The molecule has 0 radical (unpaired) electrons. The van der Waals surface area contributed by atoms with Crippen molar-refractivity contribution in [2.75, 3.05) is 6.54 Å². The van der Waals surface area contributed by atoms with Crippen molar-refractivity contribution in [3.63, 3.8) is 0 Å². The third-order valence-corrected chi connectivity index (χ3v) is 6.09. The molecule has 0 atom stereocenters. The van der Waals surface area contributed by atoms with Crippen LogP contribution in [0.2, 0.25) is 0 Å². The summed E-state index contributed by atoms with van der Waals surface area (Å²) in [4.78, 5) is 48.8. The molecule has 0 unspecified atom stereocenters. The maximum Gasteiger partial charge on any atom is 0.270 e. The lowest BCUT2D eigenvalue weighted by molar-refractivity contribution is -0.384. The van der Waals surface area contributed by atoms with E-state index < -0.39 is 16.7 Å². The summed E-state index contributed by atoms with van der Waals surface area (Å²) in [6.45, 7) is 0.0407.